The molecule has 2 aromatic carbocycles. The zero-order chi connectivity index (χ0) is 17.8. The topological polar surface area (TPSA) is 42.0 Å². The summed E-state index contributed by atoms with van der Waals surface area (Å²) in [5, 5.41) is 6.42. The fourth-order valence-electron chi connectivity index (χ4n) is 1.98. The molecule has 0 aliphatic carbocycles. The minimum absolute atomic E-state index is 0.132. The summed E-state index contributed by atoms with van der Waals surface area (Å²) >= 11 is 18.1. The van der Waals surface area contributed by atoms with Gasteiger partial charge in [0.25, 0.3) is 0 Å². The molecule has 0 fully saturated rings. The molecule has 0 aliphatic heterocycles. The second kappa shape index (κ2) is 8.56. The minimum Gasteiger partial charge on any atom is -0.301 e. The van der Waals surface area contributed by atoms with Crippen LogP contribution in [0.25, 0.3) is 11.3 Å². The summed E-state index contributed by atoms with van der Waals surface area (Å²) in [5.41, 5.74) is 1.84. The number of thioether (sulfide) groups is 1. The Kier molecular flexibility index (Phi) is 6.41. The largest absolute Gasteiger partial charge is 0.301 e. The first-order chi connectivity index (χ1) is 12.0. The maximum absolute atomic E-state index is 12.1. The van der Waals surface area contributed by atoms with Gasteiger partial charge in [0.1, 0.15) is 0 Å². The number of halogens is 3. The second-order valence-corrected chi connectivity index (χ2v) is 8.59. The van der Waals surface area contributed by atoms with E-state index in [1.54, 1.807) is 18.2 Å². The van der Waals surface area contributed by atoms with Gasteiger partial charge in [-0.1, -0.05) is 51.3 Å². The highest BCUT2D eigenvalue weighted by atomic mass is 79.9. The van der Waals surface area contributed by atoms with Gasteiger partial charge in [0.05, 0.1) is 16.5 Å². The van der Waals surface area contributed by atoms with Crippen LogP contribution in [-0.2, 0) is 4.79 Å². The molecular weight excluding hydrogens is 463 g/mol. The monoisotopic (exact) mass is 472 g/mol. The van der Waals surface area contributed by atoms with E-state index in [4.69, 9.17) is 23.2 Å². The van der Waals surface area contributed by atoms with Crippen molar-refractivity contribution in [1.82, 2.24) is 4.98 Å². The Morgan fingerprint density at radius 3 is 2.68 bits per heavy atom. The third kappa shape index (κ3) is 5.21. The average Bonchev–Trinajstić information content (AvgIpc) is 3.03. The van der Waals surface area contributed by atoms with E-state index in [9.17, 15) is 4.79 Å². The Balaban J connectivity index is 1.59. The van der Waals surface area contributed by atoms with Crippen molar-refractivity contribution in [2.24, 2.45) is 0 Å². The number of carbonyl (C=O) groups is 1. The molecule has 1 aromatic heterocycles. The molecule has 8 heteroatoms. The molecule has 1 amide bonds. The molecule has 1 N–H and O–H groups in total. The van der Waals surface area contributed by atoms with E-state index in [0.29, 0.717) is 15.2 Å². The lowest BCUT2D eigenvalue weighted by Crippen LogP contribution is -2.13. The zero-order valence-corrected chi connectivity index (χ0v) is 17.4. The summed E-state index contributed by atoms with van der Waals surface area (Å²) in [7, 11) is 0. The van der Waals surface area contributed by atoms with E-state index in [1.807, 2.05) is 29.6 Å². The number of rotatable bonds is 5. The predicted molar refractivity (Wildman–Crippen MR) is 111 cm³/mol. The van der Waals surface area contributed by atoms with Crippen LogP contribution >= 0.6 is 62.2 Å². The van der Waals surface area contributed by atoms with E-state index < -0.39 is 0 Å². The van der Waals surface area contributed by atoms with Gasteiger partial charge in [0.2, 0.25) is 5.91 Å². The molecule has 0 saturated heterocycles. The lowest BCUT2D eigenvalue weighted by atomic mass is 10.2. The zero-order valence-electron chi connectivity index (χ0n) is 12.6. The summed E-state index contributed by atoms with van der Waals surface area (Å²) in [6, 6.07) is 13.1. The van der Waals surface area contributed by atoms with Crippen LogP contribution in [0.4, 0.5) is 5.13 Å². The van der Waals surface area contributed by atoms with Gasteiger partial charge < -0.3 is 5.32 Å². The van der Waals surface area contributed by atoms with Gasteiger partial charge in [-0.2, -0.15) is 0 Å². The normalized spacial score (nSPS) is 10.7. The van der Waals surface area contributed by atoms with Crippen molar-refractivity contribution >= 4 is 73.3 Å². The Morgan fingerprint density at radius 2 is 1.96 bits per heavy atom. The molecule has 0 spiro atoms. The number of nitrogens with zero attached hydrogens (tertiary/aromatic N) is 1. The second-order valence-electron chi connectivity index (χ2n) is 4.96. The number of anilines is 1. The van der Waals surface area contributed by atoms with Gasteiger partial charge in [0, 0.05) is 25.3 Å². The first kappa shape index (κ1) is 18.7. The Hall–Kier alpha value is -1.05. The highest BCUT2D eigenvalue weighted by Crippen LogP contribution is 2.30. The van der Waals surface area contributed by atoms with E-state index in [-0.39, 0.29) is 11.7 Å². The maximum atomic E-state index is 12.1. The van der Waals surface area contributed by atoms with Gasteiger partial charge in [-0.15, -0.1) is 23.1 Å². The van der Waals surface area contributed by atoms with Gasteiger partial charge in [-0.05, 0) is 30.3 Å². The molecule has 0 unspecified atom stereocenters. The van der Waals surface area contributed by atoms with Crippen molar-refractivity contribution < 1.29 is 4.79 Å². The van der Waals surface area contributed by atoms with Gasteiger partial charge in [0.15, 0.2) is 5.13 Å². The van der Waals surface area contributed by atoms with Gasteiger partial charge in [-0.3, -0.25) is 4.79 Å². The fourth-order valence-corrected chi connectivity index (χ4v) is 4.27. The smallest absolute Gasteiger partial charge is 0.236 e. The number of amides is 1. The van der Waals surface area contributed by atoms with Crippen LogP contribution < -0.4 is 5.32 Å². The van der Waals surface area contributed by atoms with Crippen LogP contribution in [-0.4, -0.2) is 16.6 Å². The van der Waals surface area contributed by atoms with E-state index in [1.165, 1.54) is 23.1 Å². The molecule has 0 aliphatic rings. The van der Waals surface area contributed by atoms with Crippen LogP contribution in [0.15, 0.2) is 57.2 Å². The van der Waals surface area contributed by atoms with Gasteiger partial charge in [-0.25, -0.2) is 4.98 Å². The summed E-state index contributed by atoms with van der Waals surface area (Å²) in [6.07, 6.45) is 0. The van der Waals surface area contributed by atoms with Crippen molar-refractivity contribution in [2.75, 3.05) is 11.1 Å². The molecule has 0 atom stereocenters. The summed E-state index contributed by atoms with van der Waals surface area (Å²) in [5.74, 6) is 0.113. The molecule has 3 aromatic rings. The Morgan fingerprint density at radius 1 is 1.20 bits per heavy atom. The molecule has 1 heterocycles. The fraction of sp³-hybridized carbons (Fsp3) is 0.0588. The summed E-state index contributed by atoms with van der Waals surface area (Å²) < 4.78 is 1.01. The van der Waals surface area contributed by atoms with Gasteiger partial charge >= 0.3 is 0 Å². The van der Waals surface area contributed by atoms with E-state index >= 15 is 0 Å². The number of carbonyl (C=O) groups excluding carboxylic acids is 1. The molecule has 3 rings (SSSR count). The number of benzene rings is 2. The van der Waals surface area contributed by atoms with Crippen LogP contribution in [0, 0.1) is 0 Å². The third-order valence-corrected chi connectivity index (χ3v) is 6.16. The highest BCUT2D eigenvalue weighted by Gasteiger charge is 2.10. The van der Waals surface area contributed by atoms with E-state index in [0.717, 1.165) is 20.6 Å². The number of aromatic nitrogens is 1. The SMILES string of the molecule is O=C(CSc1ccc(Cl)cc1Cl)Nc1nc(-c2ccc(Br)cc2)cs1. The van der Waals surface area contributed by atoms with Crippen LogP contribution in [0.3, 0.4) is 0 Å². The Bertz CT molecular complexity index is 900. The van der Waals surface area contributed by atoms with Crippen LogP contribution in [0.1, 0.15) is 0 Å². The maximum Gasteiger partial charge on any atom is 0.236 e. The number of hydrogen-bond acceptors (Lipinski definition) is 4. The first-order valence-corrected chi connectivity index (χ1v) is 10.5. The molecule has 0 bridgehead atoms. The van der Waals surface area contributed by atoms with Crippen molar-refractivity contribution in [3.63, 3.8) is 0 Å². The lowest BCUT2D eigenvalue weighted by molar-refractivity contribution is -0.113. The molecule has 3 nitrogen and oxygen atoms in total. The third-order valence-electron chi connectivity index (χ3n) is 3.14. The molecular formula is C17H11BrCl2N2OS2. The first-order valence-electron chi connectivity index (χ1n) is 7.10. The molecule has 0 saturated carbocycles. The van der Waals surface area contributed by atoms with Crippen molar-refractivity contribution in [2.45, 2.75) is 4.90 Å². The summed E-state index contributed by atoms with van der Waals surface area (Å²) in [6.45, 7) is 0. The highest BCUT2D eigenvalue weighted by molar-refractivity contribution is 9.10. The minimum atomic E-state index is -0.132. The Labute approximate surface area is 171 Å². The average molecular weight is 474 g/mol. The molecule has 25 heavy (non-hydrogen) atoms. The number of thiazole rings is 1. The standard InChI is InChI=1S/C17H11BrCl2N2OS2/c18-11-3-1-10(2-4-11)14-8-25-17(21-14)22-16(23)9-24-15-6-5-12(19)7-13(15)20/h1-8H,9H2,(H,21,22,23). The molecule has 0 radical (unpaired) electrons. The van der Waals surface area contributed by atoms with E-state index in [2.05, 4.69) is 26.2 Å². The quantitative estimate of drug-likeness (QED) is 0.424. The lowest BCUT2D eigenvalue weighted by Gasteiger charge is -2.04. The summed E-state index contributed by atoms with van der Waals surface area (Å²) in [4.78, 5) is 17.4. The number of nitrogens with one attached hydrogen (secondary N) is 1. The van der Waals surface area contributed by atoms with Crippen LogP contribution in [0.2, 0.25) is 10.0 Å². The van der Waals surface area contributed by atoms with Crippen molar-refractivity contribution in [1.29, 1.82) is 0 Å². The van der Waals surface area contributed by atoms with Crippen molar-refractivity contribution in [3.8, 4) is 11.3 Å². The molecule has 128 valence electrons. The number of hydrogen-bond donors (Lipinski definition) is 1. The van der Waals surface area contributed by atoms with Crippen molar-refractivity contribution in [3.05, 3.63) is 62.4 Å². The predicted octanol–water partition coefficient (Wildman–Crippen LogP) is 6.61. The van der Waals surface area contributed by atoms with Crippen LogP contribution in [0.5, 0.6) is 0 Å².